The highest BCUT2D eigenvalue weighted by Gasteiger charge is 2.18. The second-order valence-electron chi connectivity index (χ2n) is 5.29. The Hall–Kier alpha value is -2.15. The molecule has 0 radical (unpaired) electrons. The molecule has 2 aromatic heterocycles. The molecule has 2 N–H and O–H groups in total. The number of nitrogens with two attached hydrogens (primary N) is 1. The van der Waals surface area contributed by atoms with Gasteiger partial charge < -0.3 is 15.2 Å². The molecule has 0 amide bonds. The van der Waals surface area contributed by atoms with Crippen LogP contribution in [-0.4, -0.2) is 26.1 Å². The van der Waals surface area contributed by atoms with Gasteiger partial charge in [-0.3, -0.25) is 0 Å². The second-order valence-corrected chi connectivity index (χ2v) is 6.00. The van der Waals surface area contributed by atoms with Gasteiger partial charge in [0.25, 0.3) is 0 Å². The summed E-state index contributed by atoms with van der Waals surface area (Å²) in [7, 11) is 0. The number of halogens is 1. The number of aryl methyl sites for hydroxylation is 2. The van der Waals surface area contributed by atoms with Crippen LogP contribution in [0.2, 0.25) is 0 Å². The van der Waals surface area contributed by atoms with E-state index in [9.17, 15) is 0 Å². The number of aromatic nitrogens is 4. The summed E-state index contributed by atoms with van der Waals surface area (Å²) in [6, 6.07) is 8.28. The number of anilines is 3. The Bertz CT molecular complexity index is 840. The van der Waals surface area contributed by atoms with Crippen molar-refractivity contribution in [3.05, 3.63) is 34.6 Å². The molecular formula is C16H19BrN6. The van der Waals surface area contributed by atoms with Gasteiger partial charge in [0.05, 0.1) is 0 Å². The minimum Gasteiger partial charge on any atom is -0.382 e. The van der Waals surface area contributed by atoms with Gasteiger partial charge in [0.2, 0.25) is 5.95 Å². The summed E-state index contributed by atoms with van der Waals surface area (Å²) >= 11 is 3.45. The van der Waals surface area contributed by atoms with Crippen LogP contribution in [0.3, 0.4) is 0 Å². The molecule has 0 bridgehead atoms. The molecule has 0 aliphatic rings. The van der Waals surface area contributed by atoms with Gasteiger partial charge in [0.15, 0.2) is 21.7 Å². The van der Waals surface area contributed by atoms with Crippen molar-refractivity contribution in [1.82, 2.24) is 19.5 Å². The van der Waals surface area contributed by atoms with Crippen molar-refractivity contribution >= 4 is 44.5 Å². The maximum atomic E-state index is 6.11. The van der Waals surface area contributed by atoms with Crippen molar-refractivity contribution in [2.45, 2.75) is 27.3 Å². The van der Waals surface area contributed by atoms with Crippen LogP contribution < -0.4 is 10.6 Å². The number of benzene rings is 1. The Morgan fingerprint density at radius 3 is 2.43 bits per heavy atom. The Labute approximate surface area is 143 Å². The molecule has 23 heavy (non-hydrogen) atoms. The number of nitrogen functional groups attached to an aromatic ring is 1. The summed E-state index contributed by atoms with van der Waals surface area (Å²) in [6.45, 7) is 7.68. The molecule has 6 nitrogen and oxygen atoms in total. The summed E-state index contributed by atoms with van der Waals surface area (Å²) in [5.74, 6) is 0.979. The fourth-order valence-corrected chi connectivity index (χ4v) is 3.14. The van der Waals surface area contributed by atoms with Crippen molar-refractivity contribution in [3.8, 4) is 0 Å². The lowest BCUT2D eigenvalue weighted by Crippen LogP contribution is -2.19. The van der Waals surface area contributed by atoms with E-state index in [1.165, 1.54) is 5.56 Å². The van der Waals surface area contributed by atoms with E-state index in [0.717, 1.165) is 24.4 Å². The smallest absolute Gasteiger partial charge is 0.233 e. The van der Waals surface area contributed by atoms with Crippen LogP contribution >= 0.6 is 15.9 Å². The minimum atomic E-state index is 0.392. The lowest BCUT2D eigenvalue weighted by atomic mass is 10.2. The summed E-state index contributed by atoms with van der Waals surface area (Å²) in [5.41, 5.74) is 9.74. The van der Waals surface area contributed by atoms with Crippen LogP contribution in [0.25, 0.3) is 11.2 Å². The zero-order chi connectivity index (χ0) is 16.6. The molecule has 2 heterocycles. The van der Waals surface area contributed by atoms with Gasteiger partial charge >= 0.3 is 0 Å². The SMILES string of the molecule is CCN(c1ccc(C)cc1)c1nc(N)c2nc(Br)n(CC)c2n1. The van der Waals surface area contributed by atoms with Crippen molar-refractivity contribution in [3.63, 3.8) is 0 Å². The molecule has 120 valence electrons. The first-order valence-corrected chi connectivity index (χ1v) is 8.37. The Kier molecular flexibility index (Phi) is 4.21. The lowest BCUT2D eigenvalue weighted by molar-refractivity contribution is 0.755. The maximum absolute atomic E-state index is 6.11. The van der Waals surface area contributed by atoms with Gasteiger partial charge in [0.1, 0.15) is 0 Å². The molecule has 0 saturated carbocycles. The summed E-state index contributed by atoms with van der Waals surface area (Å²) in [4.78, 5) is 15.6. The van der Waals surface area contributed by atoms with Gasteiger partial charge in [0, 0.05) is 18.8 Å². The van der Waals surface area contributed by atoms with Crippen LogP contribution in [0.15, 0.2) is 29.0 Å². The molecule has 0 spiro atoms. The quantitative estimate of drug-likeness (QED) is 0.705. The number of rotatable bonds is 4. The largest absolute Gasteiger partial charge is 0.382 e. The van der Waals surface area contributed by atoms with E-state index in [2.05, 4.69) is 64.0 Å². The molecule has 0 fully saturated rings. The van der Waals surface area contributed by atoms with Crippen molar-refractivity contribution in [2.24, 2.45) is 0 Å². The highest BCUT2D eigenvalue weighted by Crippen LogP contribution is 2.28. The normalized spacial score (nSPS) is 11.1. The van der Waals surface area contributed by atoms with Crippen LogP contribution in [-0.2, 0) is 6.54 Å². The Morgan fingerprint density at radius 2 is 1.83 bits per heavy atom. The van der Waals surface area contributed by atoms with Gasteiger partial charge in [-0.05, 0) is 48.8 Å². The molecular weight excluding hydrogens is 356 g/mol. The van der Waals surface area contributed by atoms with Gasteiger partial charge in [-0.25, -0.2) is 4.98 Å². The average molecular weight is 375 g/mol. The molecule has 3 aromatic rings. The van der Waals surface area contributed by atoms with Gasteiger partial charge in [-0.15, -0.1) is 0 Å². The van der Waals surface area contributed by atoms with Crippen LogP contribution in [0, 0.1) is 6.92 Å². The number of nitrogens with zero attached hydrogens (tertiary/aromatic N) is 5. The first-order valence-electron chi connectivity index (χ1n) is 7.58. The zero-order valence-corrected chi connectivity index (χ0v) is 15.0. The van der Waals surface area contributed by atoms with E-state index in [4.69, 9.17) is 10.7 Å². The molecule has 1 aromatic carbocycles. The van der Waals surface area contributed by atoms with Crippen molar-refractivity contribution < 1.29 is 0 Å². The number of imidazole rings is 1. The summed E-state index contributed by atoms with van der Waals surface area (Å²) < 4.78 is 2.69. The summed E-state index contributed by atoms with van der Waals surface area (Å²) in [6.07, 6.45) is 0. The topological polar surface area (TPSA) is 72.9 Å². The summed E-state index contributed by atoms with van der Waals surface area (Å²) in [5, 5.41) is 0. The van der Waals surface area contributed by atoms with Crippen LogP contribution in [0.5, 0.6) is 0 Å². The molecule has 0 aliphatic carbocycles. The van der Waals surface area contributed by atoms with E-state index < -0.39 is 0 Å². The fourth-order valence-electron chi connectivity index (χ4n) is 2.55. The molecule has 7 heteroatoms. The van der Waals surface area contributed by atoms with E-state index in [1.54, 1.807) is 0 Å². The molecule has 0 aliphatic heterocycles. The third kappa shape index (κ3) is 2.76. The Morgan fingerprint density at radius 1 is 1.13 bits per heavy atom. The van der Waals surface area contributed by atoms with Crippen molar-refractivity contribution in [1.29, 1.82) is 0 Å². The standard InChI is InChI=1S/C16H19BrN6/c1-4-22(11-8-6-10(3)7-9-11)16-20-13(18)12-14(21-16)23(5-2)15(17)19-12/h6-9H,4-5H2,1-3H3,(H2,18,20,21). The lowest BCUT2D eigenvalue weighted by Gasteiger charge is -2.21. The molecule has 0 unspecified atom stereocenters. The second kappa shape index (κ2) is 6.16. The van der Waals surface area contributed by atoms with Gasteiger partial charge in [-0.1, -0.05) is 17.7 Å². The average Bonchev–Trinajstić information content (AvgIpc) is 2.86. The van der Waals surface area contributed by atoms with Gasteiger partial charge in [-0.2, -0.15) is 9.97 Å². The van der Waals surface area contributed by atoms with Crippen LogP contribution in [0.4, 0.5) is 17.5 Å². The molecule has 0 atom stereocenters. The number of hydrogen-bond donors (Lipinski definition) is 1. The van der Waals surface area contributed by atoms with E-state index in [0.29, 0.717) is 22.0 Å². The van der Waals surface area contributed by atoms with E-state index >= 15 is 0 Å². The molecule has 3 rings (SSSR count). The molecule has 0 saturated heterocycles. The third-order valence-corrected chi connectivity index (χ3v) is 4.39. The van der Waals surface area contributed by atoms with Crippen LogP contribution in [0.1, 0.15) is 19.4 Å². The highest BCUT2D eigenvalue weighted by atomic mass is 79.9. The zero-order valence-electron chi connectivity index (χ0n) is 13.4. The highest BCUT2D eigenvalue weighted by molar-refractivity contribution is 9.10. The predicted molar refractivity (Wildman–Crippen MR) is 97.0 cm³/mol. The van der Waals surface area contributed by atoms with E-state index in [-0.39, 0.29) is 0 Å². The Balaban J connectivity index is 2.15. The maximum Gasteiger partial charge on any atom is 0.233 e. The first kappa shape index (κ1) is 15.7. The van der Waals surface area contributed by atoms with E-state index in [1.807, 2.05) is 16.4 Å². The number of hydrogen-bond acceptors (Lipinski definition) is 5. The van der Waals surface area contributed by atoms with Crippen molar-refractivity contribution in [2.75, 3.05) is 17.2 Å². The predicted octanol–water partition coefficient (Wildman–Crippen LogP) is 3.66. The number of fused-ring (bicyclic) bond motifs is 1. The monoisotopic (exact) mass is 374 g/mol. The minimum absolute atomic E-state index is 0.392. The fraction of sp³-hybridized carbons (Fsp3) is 0.312. The third-order valence-electron chi connectivity index (χ3n) is 3.78. The first-order chi connectivity index (χ1) is 11.0.